The Morgan fingerprint density at radius 1 is 1.28 bits per heavy atom. The molecule has 0 atom stereocenters. The van der Waals surface area contributed by atoms with E-state index in [0.29, 0.717) is 43.1 Å². The minimum Gasteiger partial charge on any atom is -0.367 e. The summed E-state index contributed by atoms with van der Waals surface area (Å²) in [6, 6.07) is 8.62. The maximum absolute atomic E-state index is 14.9. The molecule has 2 aromatic rings. The number of carbonyl (C=O) groups excluding carboxylic acids is 1. The third kappa shape index (κ3) is 4.43. The lowest BCUT2D eigenvalue weighted by Gasteiger charge is -2.42. The zero-order chi connectivity index (χ0) is 22.7. The van der Waals surface area contributed by atoms with Crippen LogP contribution in [0.5, 0.6) is 0 Å². The molecule has 3 heterocycles. The van der Waals surface area contributed by atoms with E-state index in [1.165, 1.54) is 6.07 Å². The van der Waals surface area contributed by atoms with Gasteiger partial charge in [0.15, 0.2) is 0 Å². The molecule has 7 heteroatoms. The molecule has 0 radical (unpaired) electrons. The Morgan fingerprint density at radius 2 is 2.06 bits per heavy atom. The predicted molar refractivity (Wildman–Crippen MR) is 127 cm³/mol. The average molecular weight is 436 g/mol. The van der Waals surface area contributed by atoms with Gasteiger partial charge in [0.1, 0.15) is 11.5 Å². The number of rotatable bonds is 6. The Balaban J connectivity index is 1.50. The summed E-state index contributed by atoms with van der Waals surface area (Å²) < 4.78 is 14.9. The number of anilines is 2. The van der Waals surface area contributed by atoms with Crippen LogP contribution in [0, 0.1) is 18.2 Å². The van der Waals surface area contributed by atoms with Crippen LogP contribution in [0.25, 0.3) is 5.70 Å². The summed E-state index contributed by atoms with van der Waals surface area (Å²) in [5.74, 6) is -0.644. The van der Waals surface area contributed by atoms with Crippen LogP contribution in [-0.2, 0) is 4.79 Å². The van der Waals surface area contributed by atoms with Gasteiger partial charge in [0.05, 0.1) is 17.1 Å². The second-order valence-corrected chi connectivity index (χ2v) is 8.67. The highest BCUT2D eigenvalue weighted by molar-refractivity contribution is 6.45. The van der Waals surface area contributed by atoms with Crippen LogP contribution < -0.4 is 16.0 Å². The van der Waals surface area contributed by atoms with E-state index in [-0.39, 0.29) is 17.1 Å². The molecular weight excluding hydrogens is 405 g/mol. The van der Waals surface area contributed by atoms with Crippen molar-refractivity contribution in [3.8, 4) is 0 Å². The van der Waals surface area contributed by atoms with Gasteiger partial charge in [0.2, 0.25) is 0 Å². The van der Waals surface area contributed by atoms with Gasteiger partial charge in [-0.15, -0.1) is 0 Å². The standard InChI is InChI=1S/C25H30FN5O/c1-3-25(16-27)10-13-31(14-11-25)23-19(26)5-4-6-21(23)30-24(32)22-8-7-20(29-22)18-9-12-28-17(2)15-18/h4-7,9,12,15H,3,8,10-11,13-14,16,27H2,1-2H3,(H,30,32). The topological polar surface area (TPSA) is 83.6 Å². The largest absolute Gasteiger partial charge is 0.367 e. The lowest BCUT2D eigenvalue weighted by Crippen LogP contribution is -2.44. The highest BCUT2D eigenvalue weighted by Gasteiger charge is 2.33. The molecule has 3 N–H and O–H groups in total. The molecule has 168 valence electrons. The molecule has 0 aliphatic carbocycles. The van der Waals surface area contributed by atoms with E-state index in [9.17, 15) is 9.18 Å². The van der Waals surface area contributed by atoms with Gasteiger partial charge >= 0.3 is 0 Å². The number of hydrogen-bond donors (Lipinski definition) is 2. The molecule has 1 fully saturated rings. The molecule has 0 spiro atoms. The van der Waals surface area contributed by atoms with E-state index in [0.717, 1.165) is 36.2 Å². The first-order valence-corrected chi connectivity index (χ1v) is 11.2. The van der Waals surface area contributed by atoms with Crippen molar-refractivity contribution in [1.82, 2.24) is 4.98 Å². The first-order chi connectivity index (χ1) is 15.4. The van der Waals surface area contributed by atoms with Crippen LogP contribution >= 0.6 is 0 Å². The first kappa shape index (κ1) is 22.1. The van der Waals surface area contributed by atoms with E-state index >= 15 is 0 Å². The number of pyridine rings is 1. The van der Waals surface area contributed by atoms with Crippen molar-refractivity contribution in [3.63, 3.8) is 0 Å². The summed E-state index contributed by atoms with van der Waals surface area (Å²) in [5.41, 5.74) is 10.1. The number of amides is 1. The Kier molecular flexibility index (Phi) is 6.37. The van der Waals surface area contributed by atoms with Gasteiger partial charge in [-0.1, -0.05) is 19.1 Å². The lowest BCUT2D eigenvalue weighted by molar-refractivity contribution is -0.110. The van der Waals surface area contributed by atoms with Crippen molar-refractivity contribution in [2.24, 2.45) is 16.1 Å². The van der Waals surface area contributed by atoms with Crippen LogP contribution in [0.4, 0.5) is 15.8 Å². The molecular formula is C25H30FN5O. The van der Waals surface area contributed by atoms with Crippen molar-refractivity contribution in [2.45, 2.75) is 39.5 Å². The van der Waals surface area contributed by atoms with Gasteiger partial charge in [-0.25, -0.2) is 9.38 Å². The number of piperidine rings is 1. The Labute approximate surface area is 188 Å². The van der Waals surface area contributed by atoms with Gasteiger partial charge in [-0.3, -0.25) is 9.78 Å². The van der Waals surface area contributed by atoms with Gasteiger partial charge in [0.25, 0.3) is 5.91 Å². The normalized spacial score (nSPS) is 17.7. The number of nitrogens with one attached hydrogen (secondary N) is 1. The Hall–Kier alpha value is -3.06. The molecule has 2 aliphatic rings. The SMILES string of the molecule is CCC1(CN)CCN(c2c(F)cccc2NC(=O)C2=NC(c3ccnc(C)c3)=CC2)CC1. The smallest absolute Gasteiger partial charge is 0.270 e. The molecule has 0 bridgehead atoms. The van der Waals surface area contributed by atoms with Crippen molar-refractivity contribution in [3.05, 3.63) is 59.7 Å². The average Bonchev–Trinajstić information content (AvgIpc) is 3.30. The Bertz CT molecular complexity index is 1060. The van der Waals surface area contributed by atoms with Crippen LogP contribution in [0.2, 0.25) is 0 Å². The number of nitrogens with zero attached hydrogens (tertiary/aromatic N) is 3. The second kappa shape index (κ2) is 9.20. The molecule has 1 amide bonds. The summed E-state index contributed by atoms with van der Waals surface area (Å²) in [6.07, 6.45) is 6.93. The number of halogens is 1. The number of para-hydroxylation sites is 1. The summed E-state index contributed by atoms with van der Waals surface area (Å²) in [4.78, 5) is 23.7. The van der Waals surface area contributed by atoms with Crippen molar-refractivity contribution in [1.29, 1.82) is 0 Å². The fraction of sp³-hybridized carbons (Fsp3) is 0.400. The number of carbonyl (C=O) groups is 1. The van der Waals surface area contributed by atoms with Crippen LogP contribution in [0.3, 0.4) is 0 Å². The zero-order valence-corrected chi connectivity index (χ0v) is 18.7. The molecule has 0 unspecified atom stereocenters. The van der Waals surface area contributed by atoms with E-state index in [2.05, 4.69) is 22.2 Å². The molecule has 1 aromatic heterocycles. The Morgan fingerprint density at radius 3 is 2.75 bits per heavy atom. The number of aromatic nitrogens is 1. The lowest BCUT2D eigenvalue weighted by atomic mass is 9.76. The van der Waals surface area contributed by atoms with Crippen LogP contribution in [-0.4, -0.2) is 36.2 Å². The second-order valence-electron chi connectivity index (χ2n) is 8.67. The quantitative estimate of drug-likeness (QED) is 0.708. The third-order valence-electron chi connectivity index (χ3n) is 6.76. The monoisotopic (exact) mass is 435 g/mol. The van der Waals surface area contributed by atoms with E-state index in [1.54, 1.807) is 18.3 Å². The van der Waals surface area contributed by atoms with E-state index in [4.69, 9.17) is 5.73 Å². The number of aliphatic imine (C=N–C) groups is 1. The van der Waals surface area contributed by atoms with E-state index in [1.807, 2.05) is 30.0 Å². The number of nitrogens with two attached hydrogens (primary N) is 1. The fourth-order valence-electron chi connectivity index (χ4n) is 4.50. The zero-order valence-electron chi connectivity index (χ0n) is 18.7. The van der Waals surface area contributed by atoms with Crippen molar-refractivity contribution in [2.75, 3.05) is 29.9 Å². The predicted octanol–water partition coefficient (Wildman–Crippen LogP) is 4.31. The van der Waals surface area contributed by atoms with Gasteiger partial charge in [0, 0.05) is 37.0 Å². The number of hydrogen-bond acceptors (Lipinski definition) is 5. The molecule has 4 rings (SSSR count). The first-order valence-electron chi connectivity index (χ1n) is 11.2. The highest BCUT2D eigenvalue weighted by atomic mass is 19.1. The summed E-state index contributed by atoms with van der Waals surface area (Å²) >= 11 is 0. The molecule has 6 nitrogen and oxygen atoms in total. The minimum atomic E-state index is -0.334. The van der Waals surface area contributed by atoms with Crippen LogP contribution in [0.1, 0.15) is 43.9 Å². The molecule has 2 aliphatic heterocycles. The molecule has 0 saturated carbocycles. The summed E-state index contributed by atoms with van der Waals surface area (Å²) in [6.45, 7) is 6.14. The number of aryl methyl sites for hydroxylation is 1. The summed E-state index contributed by atoms with van der Waals surface area (Å²) in [7, 11) is 0. The molecule has 32 heavy (non-hydrogen) atoms. The minimum absolute atomic E-state index is 0.122. The third-order valence-corrected chi connectivity index (χ3v) is 6.76. The molecule has 1 aromatic carbocycles. The van der Waals surface area contributed by atoms with Gasteiger partial charge in [-0.2, -0.15) is 0 Å². The maximum atomic E-state index is 14.9. The molecule has 1 saturated heterocycles. The van der Waals surface area contributed by atoms with Gasteiger partial charge < -0.3 is 16.0 Å². The number of benzene rings is 1. The fourth-order valence-corrected chi connectivity index (χ4v) is 4.50. The van der Waals surface area contributed by atoms with Crippen molar-refractivity contribution >= 4 is 28.7 Å². The van der Waals surface area contributed by atoms with Gasteiger partial charge in [-0.05, 0) is 62.4 Å². The van der Waals surface area contributed by atoms with E-state index < -0.39 is 0 Å². The van der Waals surface area contributed by atoms with Crippen LogP contribution in [0.15, 0.2) is 47.6 Å². The summed E-state index contributed by atoms with van der Waals surface area (Å²) in [5, 5.41) is 2.90. The highest BCUT2D eigenvalue weighted by Crippen LogP contribution is 2.38. The van der Waals surface area contributed by atoms with Crippen molar-refractivity contribution < 1.29 is 9.18 Å². The maximum Gasteiger partial charge on any atom is 0.270 e. The number of allylic oxidation sites excluding steroid dienone is 1.